The minimum atomic E-state index is -0.957. The van der Waals surface area contributed by atoms with Gasteiger partial charge in [0.25, 0.3) is 5.78 Å². The van der Waals surface area contributed by atoms with Crippen molar-refractivity contribution in [2.24, 2.45) is 0 Å². The van der Waals surface area contributed by atoms with Crippen LogP contribution in [0.1, 0.15) is 25.0 Å². The van der Waals surface area contributed by atoms with Gasteiger partial charge in [0.05, 0.1) is 12.2 Å². The van der Waals surface area contributed by atoms with Gasteiger partial charge in [-0.1, -0.05) is 29.8 Å². The number of Topliss-reactive ketones (excluding diaryl/α,β-unsaturated/α-hetero) is 1. The number of carbonyl (C=O) groups excluding carboxylic acids is 2. The lowest BCUT2D eigenvalue weighted by atomic mass is 9.99. The molecule has 0 aliphatic rings. The zero-order chi connectivity index (χ0) is 13.7. The third-order valence-corrected chi connectivity index (χ3v) is 2.39. The lowest BCUT2D eigenvalue weighted by molar-refractivity contribution is -0.150. The SMILES string of the molecule is CCOC(=O)C(=O)/C(=C(/C)O)c1ccc(C)cc1. The number of aliphatic hydroxyl groups is 1. The molecule has 1 rings (SSSR count). The molecule has 4 nitrogen and oxygen atoms in total. The van der Waals surface area contributed by atoms with E-state index >= 15 is 0 Å². The highest BCUT2D eigenvalue weighted by molar-refractivity contribution is 6.51. The zero-order valence-corrected chi connectivity index (χ0v) is 10.7. The van der Waals surface area contributed by atoms with Crippen LogP contribution in [0.3, 0.4) is 0 Å². The van der Waals surface area contributed by atoms with Crippen LogP contribution in [-0.4, -0.2) is 23.5 Å². The molecule has 0 unspecified atom stereocenters. The smallest absolute Gasteiger partial charge is 0.379 e. The van der Waals surface area contributed by atoms with Gasteiger partial charge in [-0.05, 0) is 26.3 Å². The molecule has 0 atom stereocenters. The van der Waals surface area contributed by atoms with Gasteiger partial charge in [0, 0.05) is 0 Å². The summed E-state index contributed by atoms with van der Waals surface area (Å²) in [6.07, 6.45) is 0. The Balaban J connectivity index is 3.13. The Bertz CT molecular complexity index is 479. The van der Waals surface area contributed by atoms with Crippen molar-refractivity contribution in [1.29, 1.82) is 0 Å². The van der Waals surface area contributed by atoms with Crippen LogP contribution in [0, 0.1) is 6.92 Å². The second-order valence-electron chi connectivity index (χ2n) is 3.88. The van der Waals surface area contributed by atoms with E-state index < -0.39 is 11.8 Å². The van der Waals surface area contributed by atoms with Gasteiger partial charge < -0.3 is 9.84 Å². The van der Waals surface area contributed by atoms with Gasteiger partial charge >= 0.3 is 5.97 Å². The summed E-state index contributed by atoms with van der Waals surface area (Å²) >= 11 is 0. The third kappa shape index (κ3) is 3.20. The summed E-state index contributed by atoms with van der Waals surface area (Å²) in [5.41, 5.74) is 1.50. The fourth-order valence-electron chi connectivity index (χ4n) is 1.52. The fraction of sp³-hybridized carbons (Fsp3) is 0.286. The standard InChI is InChI=1S/C14H16O4/c1-4-18-14(17)13(16)12(10(3)15)11-7-5-9(2)6-8-11/h5-8,15H,4H2,1-3H3/b12-10-. The van der Waals surface area contributed by atoms with Crippen molar-refractivity contribution in [2.45, 2.75) is 20.8 Å². The second-order valence-corrected chi connectivity index (χ2v) is 3.88. The number of carbonyl (C=O) groups is 2. The summed E-state index contributed by atoms with van der Waals surface area (Å²) in [6.45, 7) is 5.01. The average Bonchev–Trinajstić information content (AvgIpc) is 2.31. The molecule has 0 radical (unpaired) electrons. The molecule has 0 amide bonds. The number of benzene rings is 1. The highest BCUT2D eigenvalue weighted by Gasteiger charge is 2.23. The summed E-state index contributed by atoms with van der Waals surface area (Å²) in [5, 5.41) is 9.57. The van der Waals surface area contributed by atoms with E-state index in [1.807, 2.05) is 6.92 Å². The Morgan fingerprint density at radius 2 is 1.78 bits per heavy atom. The molecule has 0 aliphatic heterocycles. The molecule has 0 bridgehead atoms. The van der Waals surface area contributed by atoms with Gasteiger partial charge in [-0.15, -0.1) is 0 Å². The van der Waals surface area contributed by atoms with Gasteiger partial charge in [0.15, 0.2) is 0 Å². The number of ether oxygens (including phenoxy) is 1. The topological polar surface area (TPSA) is 63.6 Å². The number of rotatable bonds is 4. The van der Waals surface area contributed by atoms with E-state index in [2.05, 4.69) is 4.74 Å². The zero-order valence-electron chi connectivity index (χ0n) is 10.7. The minimum Gasteiger partial charge on any atom is -0.512 e. The number of aliphatic hydroxyl groups excluding tert-OH is 1. The number of aryl methyl sites for hydroxylation is 1. The predicted octanol–water partition coefficient (Wildman–Crippen LogP) is 2.42. The molecule has 18 heavy (non-hydrogen) atoms. The largest absolute Gasteiger partial charge is 0.512 e. The Hall–Kier alpha value is -2.10. The number of ketones is 1. The van der Waals surface area contributed by atoms with Crippen LogP contribution in [0.5, 0.6) is 0 Å². The Labute approximate surface area is 106 Å². The monoisotopic (exact) mass is 248 g/mol. The van der Waals surface area contributed by atoms with Crippen molar-refractivity contribution in [3.05, 3.63) is 41.2 Å². The molecular formula is C14H16O4. The number of esters is 1. The molecule has 0 saturated heterocycles. The summed E-state index contributed by atoms with van der Waals surface area (Å²) in [7, 11) is 0. The van der Waals surface area contributed by atoms with Crippen LogP contribution < -0.4 is 0 Å². The summed E-state index contributed by atoms with van der Waals surface area (Å²) in [4.78, 5) is 23.3. The number of hydrogen-bond acceptors (Lipinski definition) is 4. The van der Waals surface area contributed by atoms with E-state index in [1.165, 1.54) is 6.92 Å². The lowest BCUT2D eigenvalue weighted by Crippen LogP contribution is -2.19. The molecule has 0 aromatic heterocycles. The summed E-state index contributed by atoms with van der Waals surface area (Å²) < 4.78 is 4.65. The van der Waals surface area contributed by atoms with Gasteiger partial charge in [-0.3, -0.25) is 4.79 Å². The van der Waals surface area contributed by atoms with Crippen LogP contribution in [0.15, 0.2) is 30.0 Å². The quantitative estimate of drug-likeness (QED) is 0.384. The van der Waals surface area contributed by atoms with Crippen LogP contribution in [0.2, 0.25) is 0 Å². The first-order valence-corrected chi connectivity index (χ1v) is 5.65. The van der Waals surface area contributed by atoms with E-state index in [1.54, 1.807) is 31.2 Å². The predicted molar refractivity (Wildman–Crippen MR) is 68.0 cm³/mol. The van der Waals surface area contributed by atoms with Crippen molar-refractivity contribution in [3.8, 4) is 0 Å². The van der Waals surface area contributed by atoms with E-state index in [0.29, 0.717) is 5.56 Å². The third-order valence-electron chi connectivity index (χ3n) is 2.39. The molecule has 0 heterocycles. The Kier molecular flexibility index (Phi) is 4.66. The molecule has 0 aliphatic carbocycles. The highest BCUT2D eigenvalue weighted by Crippen LogP contribution is 2.20. The first-order chi connectivity index (χ1) is 8.47. The Morgan fingerprint density at radius 1 is 1.22 bits per heavy atom. The first-order valence-electron chi connectivity index (χ1n) is 5.65. The van der Waals surface area contributed by atoms with E-state index in [-0.39, 0.29) is 17.9 Å². The maximum absolute atomic E-state index is 11.9. The van der Waals surface area contributed by atoms with Gasteiger partial charge in [-0.2, -0.15) is 0 Å². The van der Waals surface area contributed by atoms with Crippen LogP contribution in [0.25, 0.3) is 5.57 Å². The molecule has 1 aromatic carbocycles. The van der Waals surface area contributed by atoms with Gasteiger partial charge in [-0.25, -0.2) is 4.79 Å². The molecule has 4 heteroatoms. The van der Waals surface area contributed by atoms with Gasteiger partial charge in [0.2, 0.25) is 0 Å². The average molecular weight is 248 g/mol. The lowest BCUT2D eigenvalue weighted by Gasteiger charge is -2.08. The maximum atomic E-state index is 11.9. The minimum absolute atomic E-state index is 0.0200. The normalized spacial score (nSPS) is 11.7. The first kappa shape index (κ1) is 14.0. The molecular weight excluding hydrogens is 232 g/mol. The molecule has 96 valence electrons. The highest BCUT2D eigenvalue weighted by atomic mass is 16.5. The summed E-state index contributed by atoms with van der Waals surface area (Å²) in [5.74, 6) is -1.99. The molecule has 1 N–H and O–H groups in total. The number of hydrogen-bond donors (Lipinski definition) is 1. The van der Waals surface area contributed by atoms with Crippen LogP contribution in [0.4, 0.5) is 0 Å². The Morgan fingerprint density at radius 3 is 2.22 bits per heavy atom. The van der Waals surface area contributed by atoms with E-state index in [4.69, 9.17) is 0 Å². The van der Waals surface area contributed by atoms with E-state index in [0.717, 1.165) is 5.56 Å². The molecule has 0 fully saturated rings. The van der Waals surface area contributed by atoms with Crippen molar-refractivity contribution in [2.75, 3.05) is 6.61 Å². The molecule has 0 saturated carbocycles. The maximum Gasteiger partial charge on any atom is 0.379 e. The second kappa shape index (κ2) is 6.00. The van der Waals surface area contributed by atoms with Crippen molar-refractivity contribution < 1.29 is 19.4 Å². The number of allylic oxidation sites excluding steroid dienone is 1. The van der Waals surface area contributed by atoms with Gasteiger partial charge in [0.1, 0.15) is 5.76 Å². The van der Waals surface area contributed by atoms with Crippen LogP contribution in [-0.2, 0) is 14.3 Å². The van der Waals surface area contributed by atoms with Crippen molar-refractivity contribution in [1.82, 2.24) is 0 Å². The fourth-order valence-corrected chi connectivity index (χ4v) is 1.52. The molecule has 1 aromatic rings. The van der Waals surface area contributed by atoms with Crippen molar-refractivity contribution in [3.63, 3.8) is 0 Å². The van der Waals surface area contributed by atoms with E-state index in [9.17, 15) is 14.7 Å². The van der Waals surface area contributed by atoms with Crippen molar-refractivity contribution >= 4 is 17.3 Å². The summed E-state index contributed by atoms with van der Waals surface area (Å²) in [6, 6.07) is 6.97. The van der Waals surface area contributed by atoms with Crippen LogP contribution >= 0.6 is 0 Å². The molecule has 0 spiro atoms.